The average molecular weight is 400 g/mol. The number of carbonyl (C=O) groups excluding carboxylic acids is 1. The van der Waals surface area contributed by atoms with E-state index in [1.165, 1.54) is 0 Å². The van der Waals surface area contributed by atoms with E-state index in [0.29, 0.717) is 42.8 Å². The maximum absolute atomic E-state index is 13.0. The van der Waals surface area contributed by atoms with E-state index in [4.69, 9.17) is 14.0 Å². The number of nitrogens with zero attached hydrogens (tertiary/aromatic N) is 4. The minimum atomic E-state index is -0.175. The smallest absolute Gasteiger partial charge is 0.256 e. The van der Waals surface area contributed by atoms with E-state index < -0.39 is 0 Å². The molecule has 0 aromatic carbocycles. The van der Waals surface area contributed by atoms with Gasteiger partial charge >= 0.3 is 0 Å². The number of carbonyl (C=O) groups is 1. The lowest BCUT2D eigenvalue weighted by molar-refractivity contribution is 0.0211. The fraction of sp³-hybridized carbons (Fsp3) is 0.619. The van der Waals surface area contributed by atoms with Crippen molar-refractivity contribution >= 4 is 5.91 Å². The summed E-state index contributed by atoms with van der Waals surface area (Å²) in [6.45, 7) is 5.52. The van der Waals surface area contributed by atoms with Crippen molar-refractivity contribution in [2.75, 3.05) is 33.0 Å². The van der Waals surface area contributed by atoms with Gasteiger partial charge in [0.2, 0.25) is 5.89 Å². The van der Waals surface area contributed by atoms with Gasteiger partial charge in [-0.05, 0) is 50.7 Å². The van der Waals surface area contributed by atoms with Crippen LogP contribution in [0.15, 0.2) is 22.9 Å². The molecule has 0 radical (unpaired) electrons. The van der Waals surface area contributed by atoms with Gasteiger partial charge in [-0.3, -0.25) is 9.78 Å². The van der Waals surface area contributed by atoms with Crippen LogP contribution in [0.3, 0.4) is 0 Å². The van der Waals surface area contributed by atoms with Crippen molar-refractivity contribution in [3.05, 3.63) is 41.3 Å². The Morgan fingerprint density at radius 1 is 1.31 bits per heavy atom. The zero-order valence-corrected chi connectivity index (χ0v) is 16.9. The highest BCUT2D eigenvalue weighted by Gasteiger charge is 2.35. The Bertz CT molecular complexity index is 819. The van der Waals surface area contributed by atoms with Crippen LogP contribution in [0, 0.1) is 12.8 Å². The fourth-order valence-electron chi connectivity index (χ4n) is 3.96. The molecular formula is C21H28N4O4. The Hall–Kier alpha value is -2.32. The van der Waals surface area contributed by atoms with E-state index in [9.17, 15) is 4.79 Å². The number of rotatable bonds is 7. The maximum Gasteiger partial charge on any atom is 0.256 e. The van der Waals surface area contributed by atoms with Crippen LogP contribution < -0.4 is 0 Å². The number of aromatic nitrogens is 3. The van der Waals surface area contributed by atoms with Gasteiger partial charge < -0.3 is 18.9 Å². The number of amides is 1. The molecule has 156 valence electrons. The van der Waals surface area contributed by atoms with E-state index >= 15 is 0 Å². The van der Waals surface area contributed by atoms with Gasteiger partial charge in [0.15, 0.2) is 5.82 Å². The van der Waals surface area contributed by atoms with Crippen molar-refractivity contribution in [3.63, 3.8) is 0 Å². The molecule has 4 rings (SSSR count). The lowest BCUT2D eigenvalue weighted by Gasteiger charge is -2.22. The first-order valence-electron chi connectivity index (χ1n) is 10.4. The summed E-state index contributed by atoms with van der Waals surface area (Å²) >= 11 is 0. The van der Waals surface area contributed by atoms with Crippen LogP contribution in [-0.2, 0) is 15.9 Å². The van der Waals surface area contributed by atoms with Crippen LogP contribution in [0.5, 0.6) is 0 Å². The molecule has 0 spiro atoms. The van der Waals surface area contributed by atoms with Crippen LogP contribution in [0.25, 0.3) is 0 Å². The number of ether oxygens (including phenoxy) is 2. The second-order valence-electron chi connectivity index (χ2n) is 7.72. The summed E-state index contributed by atoms with van der Waals surface area (Å²) in [7, 11) is 0. The summed E-state index contributed by atoms with van der Waals surface area (Å²) in [5.74, 6) is 1.69. The molecule has 1 atom stereocenters. The third-order valence-electron chi connectivity index (χ3n) is 5.68. The van der Waals surface area contributed by atoms with Gasteiger partial charge in [-0.2, -0.15) is 4.98 Å². The molecule has 0 aliphatic carbocycles. The predicted octanol–water partition coefficient (Wildman–Crippen LogP) is 2.74. The monoisotopic (exact) mass is 400 g/mol. The van der Waals surface area contributed by atoms with Crippen molar-refractivity contribution in [3.8, 4) is 0 Å². The first kappa shape index (κ1) is 20.0. The fourth-order valence-corrected chi connectivity index (χ4v) is 3.96. The molecule has 8 nitrogen and oxygen atoms in total. The largest absolute Gasteiger partial charge is 0.381 e. The standard InChI is InChI=1S/C21H28N4O4/c1-15-17(4-2-9-22-15)21(26)25-10-3-5-18(25)20-23-19(24-29-20)8-13-28-14-16-6-11-27-12-7-16/h2,4,9,16,18H,3,5-8,10-14H2,1H3. The van der Waals surface area contributed by atoms with Gasteiger partial charge in [0.25, 0.3) is 5.91 Å². The van der Waals surface area contributed by atoms with Crippen LogP contribution in [0.1, 0.15) is 59.5 Å². The molecule has 2 aliphatic rings. The molecule has 0 bridgehead atoms. The van der Waals surface area contributed by atoms with Crippen molar-refractivity contribution in [1.29, 1.82) is 0 Å². The van der Waals surface area contributed by atoms with Crippen molar-refractivity contribution in [1.82, 2.24) is 20.0 Å². The van der Waals surface area contributed by atoms with Crippen molar-refractivity contribution < 1.29 is 18.8 Å². The summed E-state index contributed by atoms with van der Waals surface area (Å²) in [5, 5.41) is 4.09. The summed E-state index contributed by atoms with van der Waals surface area (Å²) in [6.07, 6.45) is 6.17. The topological polar surface area (TPSA) is 90.6 Å². The summed E-state index contributed by atoms with van der Waals surface area (Å²) < 4.78 is 16.7. The highest BCUT2D eigenvalue weighted by atomic mass is 16.5. The quantitative estimate of drug-likeness (QED) is 0.660. The molecule has 2 aromatic rings. The molecule has 2 aliphatic heterocycles. The van der Waals surface area contributed by atoms with Gasteiger partial charge in [0.05, 0.1) is 12.2 Å². The van der Waals surface area contributed by atoms with Gasteiger partial charge in [-0.1, -0.05) is 5.16 Å². The minimum Gasteiger partial charge on any atom is -0.381 e. The zero-order valence-electron chi connectivity index (χ0n) is 16.9. The summed E-state index contributed by atoms with van der Waals surface area (Å²) in [4.78, 5) is 23.6. The number of pyridine rings is 1. The van der Waals surface area contributed by atoms with Crippen LogP contribution in [-0.4, -0.2) is 58.9 Å². The van der Waals surface area contributed by atoms with Crippen molar-refractivity contribution in [2.45, 2.75) is 45.1 Å². The Morgan fingerprint density at radius 2 is 2.17 bits per heavy atom. The normalized spacial score (nSPS) is 20.3. The predicted molar refractivity (Wildman–Crippen MR) is 104 cm³/mol. The molecule has 0 saturated carbocycles. The first-order chi connectivity index (χ1) is 14.2. The summed E-state index contributed by atoms with van der Waals surface area (Å²) in [5.41, 5.74) is 1.36. The van der Waals surface area contributed by atoms with Crippen LogP contribution >= 0.6 is 0 Å². The molecule has 0 N–H and O–H groups in total. The first-order valence-corrected chi connectivity index (χ1v) is 10.4. The van der Waals surface area contributed by atoms with E-state index in [1.807, 2.05) is 17.9 Å². The molecule has 2 fully saturated rings. The molecule has 1 unspecified atom stereocenters. The van der Waals surface area contributed by atoms with Gasteiger partial charge in [-0.25, -0.2) is 0 Å². The summed E-state index contributed by atoms with van der Waals surface area (Å²) in [6, 6.07) is 3.43. The number of hydrogen-bond acceptors (Lipinski definition) is 7. The van der Waals surface area contributed by atoms with E-state index in [-0.39, 0.29) is 11.9 Å². The van der Waals surface area contributed by atoms with Crippen molar-refractivity contribution in [2.24, 2.45) is 5.92 Å². The Balaban J connectivity index is 1.32. The highest BCUT2D eigenvalue weighted by molar-refractivity contribution is 5.95. The molecule has 2 aromatic heterocycles. The van der Waals surface area contributed by atoms with Gasteiger partial charge in [0.1, 0.15) is 6.04 Å². The molecular weight excluding hydrogens is 372 g/mol. The highest BCUT2D eigenvalue weighted by Crippen LogP contribution is 2.32. The number of hydrogen-bond donors (Lipinski definition) is 0. The third-order valence-corrected chi connectivity index (χ3v) is 5.68. The maximum atomic E-state index is 13.0. The Kier molecular flexibility index (Phi) is 6.51. The van der Waals surface area contributed by atoms with E-state index in [1.54, 1.807) is 12.3 Å². The Morgan fingerprint density at radius 3 is 3.00 bits per heavy atom. The SMILES string of the molecule is Cc1ncccc1C(=O)N1CCCC1c1nc(CCOCC2CCOCC2)no1. The van der Waals surface area contributed by atoms with Crippen LogP contribution in [0.2, 0.25) is 0 Å². The molecule has 1 amide bonds. The number of likely N-dealkylation sites (tertiary alicyclic amines) is 1. The van der Waals surface area contributed by atoms with E-state index in [2.05, 4.69) is 15.1 Å². The molecule has 2 saturated heterocycles. The second-order valence-corrected chi connectivity index (χ2v) is 7.72. The molecule has 8 heteroatoms. The molecule has 29 heavy (non-hydrogen) atoms. The van der Waals surface area contributed by atoms with Crippen LogP contribution in [0.4, 0.5) is 0 Å². The lowest BCUT2D eigenvalue weighted by atomic mass is 10.0. The minimum absolute atomic E-state index is 0.0300. The third kappa shape index (κ3) is 4.82. The average Bonchev–Trinajstić information content (AvgIpc) is 3.41. The second kappa shape index (κ2) is 9.45. The van der Waals surface area contributed by atoms with Gasteiger partial charge in [0, 0.05) is 44.7 Å². The van der Waals surface area contributed by atoms with Gasteiger partial charge in [-0.15, -0.1) is 0 Å². The Labute approximate surface area is 170 Å². The molecule has 4 heterocycles. The lowest BCUT2D eigenvalue weighted by Crippen LogP contribution is -2.31. The van der Waals surface area contributed by atoms with E-state index in [0.717, 1.165) is 51.2 Å². The number of aryl methyl sites for hydroxylation is 1. The zero-order chi connectivity index (χ0) is 20.1.